The number of allylic oxidation sites excluding steroid dienone is 1. The molecule has 0 saturated heterocycles. The monoisotopic (exact) mass is 430 g/mol. The number of esters is 2. The lowest BCUT2D eigenvalue weighted by molar-refractivity contribution is -0.176. The fourth-order valence-corrected chi connectivity index (χ4v) is 3.07. The lowest BCUT2D eigenvalue weighted by atomic mass is 9.85. The van der Waals surface area contributed by atoms with Crippen LogP contribution < -0.4 is 0 Å². The summed E-state index contributed by atoms with van der Waals surface area (Å²) in [6.07, 6.45) is 4.02. The van der Waals surface area contributed by atoms with E-state index in [1.165, 1.54) is 0 Å². The van der Waals surface area contributed by atoms with Gasteiger partial charge in [0.25, 0.3) is 0 Å². The van der Waals surface area contributed by atoms with Crippen molar-refractivity contribution in [3.05, 3.63) is 42.0 Å². The molecule has 1 aromatic rings. The number of benzene rings is 1. The van der Waals surface area contributed by atoms with Crippen LogP contribution in [0.15, 0.2) is 36.4 Å². The largest absolute Gasteiger partial charge is 0.459 e. The molecule has 1 aromatic carbocycles. The van der Waals surface area contributed by atoms with Gasteiger partial charge in [0.05, 0.1) is 0 Å². The van der Waals surface area contributed by atoms with Crippen LogP contribution in [-0.4, -0.2) is 28.9 Å². The van der Waals surface area contributed by atoms with E-state index >= 15 is 0 Å². The standard InChI is InChI=1S/C26H38O5/c1-18(2)16-21(27)17-20(15-14-19-12-10-9-11-13-19)22(23(28)30-25(3,4)5)24(29)31-26(6,7)8/h9-15,18,20,22H,16-17H2,1-8H3. The van der Waals surface area contributed by atoms with Crippen LogP contribution in [0.25, 0.3) is 6.08 Å². The quantitative estimate of drug-likeness (QED) is 0.376. The van der Waals surface area contributed by atoms with E-state index in [4.69, 9.17) is 9.47 Å². The Hall–Kier alpha value is -2.43. The van der Waals surface area contributed by atoms with Gasteiger partial charge < -0.3 is 9.47 Å². The lowest BCUT2D eigenvalue weighted by Gasteiger charge is -2.29. The van der Waals surface area contributed by atoms with Crippen LogP contribution in [0.3, 0.4) is 0 Å². The summed E-state index contributed by atoms with van der Waals surface area (Å²) in [5.41, 5.74) is -0.629. The van der Waals surface area contributed by atoms with Gasteiger partial charge in [-0.1, -0.05) is 56.3 Å². The number of ether oxygens (including phenoxy) is 2. The zero-order chi connectivity index (χ0) is 23.8. The maximum Gasteiger partial charge on any atom is 0.321 e. The summed E-state index contributed by atoms with van der Waals surface area (Å²) >= 11 is 0. The average molecular weight is 431 g/mol. The summed E-state index contributed by atoms with van der Waals surface area (Å²) in [4.78, 5) is 38.8. The molecule has 0 amide bonds. The van der Waals surface area contributed by atoms with Crippen LogP contribution in [0, 0.1) is 17.8 Å². The third-order valence-corrected chi connectivity index (χ3v) is 4.18. The van der Waals surface area contributed by atoms with Gasteiger partial charge >= 0.3 is 11.9 Å². The minimum absolute atomic E-state index is 0.00479. The molecule has 0 aliphatic rings. The molecule has 0 aliphatic carbocycles. The molecule has 1 unspecified atom stereocenters. The molecular weight excluding hydrogens is 392 g/mol. The van der Waals surface area contributed by atoms with Gasteiger partial charge in [-0.15, -0.1) is 0 Å². The first kappa shape index (κ1) is 26.6. The lowest BCUT2D eigenvalue weighted by Crippen LogP contribution is -2.40. The number of carbonyl (C=O) groups excluding carboxylic acids is 3. The van der Waals surface area contributed by atoms with Crippen molar-refractivity contribution in [2.24, 2.45) is 17.8 Å². The highest BCUT2D eigenvalue weighted by molar-refractivity contribution is 5.96. The summed E-state index contributed by atoms with van der Waals surface area (Å²) in [6, 6.07) is 9.54. The second-order valence-electron chi connectivity index (χ2n) is 10.3. The predicted octanol–water partition coefficient (Wildman–Crippen LogP) is 5.62. The number of carbonyl (C=O) groups is 3. The normalized spacial score (nSPS) is 13.5. The van der Waals surface area contributed by atoms with E-state index in [9.17, 15) is 14.4 Å². The molecule has 1 atom stereocenters. The number of rotatable bonds is 9. The van der Waals surface area contributed by atoms with Crippen molar-refractivity contribution in [1.82, 2.24) is 0 Å². The highest BCUT2D eigenvalue weighted by atomic mass is 16.6. The van der Waals surface area contributed by atoms with Crippen LogP contribution in [-0.2, 0) is 23.9 Å². The van der Waals surface area contributed by atoms with E-state index < -0.39 is 35.0 Å². The number of ketones is 1. The third-order valence-electron chi connectivity index (χ3n) is 4.18. The number of hydrogen-bond acceptors (Lipinski definition) is 5. The summed E-state index contributed by atoms with van der Waals surface area (Å²) < 4.78 is 11.1. The van der Waals surface area contributed by atoms with Crippen molar-refractivity contribution >= 4 is 23.8 Å². The van der Waals surface area contributed by atoms with E-state index in [-0.39, 0.29) is 18.1 Å². The minimum Gasteiger partial charge on any atom is -0.459 e. The topological polar surface area (TPSA) is 69.7 Å². The molecule has 0 spiro atoms. The third kappa shape index (κ3) is 11.0. The maximum atomic E-state index is 13.1. The second-order valence-corrected chi connectivity index (χ2v) is 10.3. The first-order chi connectivity index (χ1) is 14.2. The van der Waals surface area contributed by atoms with Crippen molar-refractivity contribution < 1.29 is 23.9 Å². The Bertz CT molecular complexity index is 735. The van der Waals surface area contributed by atoms with Crippen molar-refractivity contribution in [2.75, 3.05) is 0 Å². The maximum absolute atomic E-state index is 13.1. The van der Waals surface area contributed by atoms with Crippen LogP contribution in [0.2, 0.25) is 0 Å². The SMILES string of the molecule is CC(C)CC(=O)CC(C=Cc1ccccc1)C(C(=O)OC(C)(C)C)C(=O)OC(C)(C)C. The summed E-state index contributed by atoms with van der Waals surface area (Å²) in [6.45, 7) is 14.4. The van der Waals surface area contributed by atoms with E-state index in [0.717, 1.165) is 5.56 Å². The Morgan fingerprint density at radius 3 is 1.74 bits per heavy atom. The van der Waals surface area contributed by atoms with Crippen molar-refractivity contribution in [1.29, 1.82) is 0 Å². The van der Waals surface area contributed by atoms with Crippen molar-refractivity contribution in [3.63, 3.8) is 0 Å². The first-order valence-electron chi connectivity index (χ1n) is 10.9. The van der Waals surface area contributed by atoms with Gasteiger partial charge in [-0.2, -0.15) is 0 Å². The Morgan fingerprint density at radius 1 is 0.839 bits per heavy atom. The molecule has 0 fully saturated rings. The van der Waals surface area contributed by atoms with Gasteiger partial charge in [-0.3, -0.25) is 14.4 Å². The van der Waals surface area contributed by atoms with Gasteiger partial charge in [0.2, 0.25) is 0 Å². The number of hydrogen-bond donors (Lipinski definition) is 0. The van der Waals surface area contributed by atoms with Crippen LogP contribution in [0.1, 0.15) is 73.8 Å². The molecule has 0 bridgehead atoms. The first-order valence-corrected chi connectivity index (χ1v) is 10.9. The Morgan fingerprint density at radius 2 is 1.32 bits per heavy atom. The highest BCUT2D eigenvalue weighted by Crippen LogP contribution is 2.27. The molecule has 0 saturated carbocycles. The molecule has 0 radical (unpaired) electrons. The molecule has 5 heteroatoms. The fourth-order valence-electron chi connectivity index (χ4n) is 3.07. The fraction of sp³-hybridized carbons (Fsp3) is 0.577. The van der Waals surface area contributed by atoms with E-state index in [1.54, 1.807) is 47.6 Å². The average Bonchev–Trinajstić information content (AvgIpc) is 2.56. The second kappa shape index (κ2) is 11.3. The Kier molecular flexibility index (Phi) is 9.67. The van der Waals surface area contributed by atoms with Crippen molar-refractivity contribution in [3.8, 4) is 0 Å². The summed E-state index contributed by atoms with van der Waals surface area (Å²) in [7, 11) is 0. The highest BCUT2D eigenvalue weighted by Gasteiger charge is 2.40. The zero-order valence-electron chi connectivity index (χ0n) is 20.2. The molecule has 172 valence electrons. The Labute approximate surface area is 187 Å². The van der Waals surface area contributed by atoms with Gasteiger partial charge in [-0.25, -0.2) is 0 Å². The molecule has 0 aliphatic heterocycles. The van der Waals surface area contributed by atoms with Gasteiger partial charge in [0, 0.05) is 18.8 Å². The predicted molar refractivity (Wildman–Crippen MR) is 123 cm³/mol. The molecule has 5 nitrogen and oxygen atoms in total. The van der Waals surface area contributed by atoms with Crippen molar-refractivity contribution in [2.45, 2.75) is 79.4 Å². The molecule has 0 N–H and O–H groups in total. The van der Waals surface area contributed by atoms with E-state index in [1.807, 2.05) is 50.3 Å². The van der Waals surface area contributed by atoms with Crippen LogP contribution in [0.4, 0.5) is 0 Å². The smallest absolute Gasteiger partial charge is 0.321 e. The van der Waals surface area contributed by atoms with Gasteiger partial charge in [0.15, 0.2) is 5.92 Å². The number of Topliss-reactive ketones (excluding diaryl/α,β-unsaturated/α-hetero) is 1. The minimum atomic E-state index is -1.23. The molecule has 31 heavy (non-hydrogen) atoms. The zero-order valence-corrected chi connectivity index (χ0v) is 20.2. The van der Waals surface area contributed by atoms with Gasteiger partial charge in [-0.05, 0) is 53.0 Å². The van der Waals surface area contributed by atoms with Crippen LogP contribution >= 0.6 is 0 Å². The molecule has 0 aromatic heterocycles. The van der Waals surface area contributed by atoms with Crippen LogP contribution in [0.5, 0.6) is 0 Å². The van der Waals surface area contributed by atoms with E-state index in [2.05, 4.69) is 0 Å². The Balaban J connectivity index is 3.34. The summed E-state index contributed by atoms with van der Waals surface area (Å²) in [5, 5.41) is 0. The van der Waals surface area contributed by atoms with Gasteiger partial charge in [0.1, 0.15) is 17.0 Å². The molecule has 0 heterocycles. The van der Waals surface area contributed by atoms with E-state index in [0.29, 0.717) is 6.42 Å². The molecule has 1 rings (SSSR count). The molecular formula is C26H38O5. The summed E-state index contributed by atoms with van der Waals surface area (Å²) in [5.74, 6) is -3.07.